The maximum atomic E-state index is 5.53. The van der Waals surface area contributed by atoms with Crippen molar-refractivity contribution in [3.63, 3.8) is 0 Å². The average molecular weight is 237 g/mol. The van der Waals surface area contributed by atoms with Crippen molar-refractivity contribution < 1.29 is 0 Å². The van der Waals surface area contributed by atoms with Crippen LogP contribution in [0.1, 0.15) is 6.92 Å². The highest BCUT2D eigenvalue weighted by molar-refractivity contribution is 7.99. The second-order valence-electron chi connectivity index (χ2n) is 2.90. The summed E-state index contributed by atoms with van der Waals surface area (Å²) in [6.07, 6.45) is 0. The summed E-state index contributed by atoms with van der Waals surface area (Å²) in [4.78, 5) is 1.28. The Morgan fingerprint density at radius 2 is 2.00 bits per heavy atom. The summed E-state index contributed by atoms with van der Waals surface area (Å²) in [5, 5.41) is 9.18. The van der Waals surface area contributed by atoms with Crippen LogP contribution in [0.5, 0.6) is 0 Å². The molecule has 0 amide bonds. The number of hydrogen-bond acceptors (Lipinski definition) is 5. The van der Waals surface area contributed by atoms with Gasteiger partial charge in [0.05, 0.1) is 0 Å². The lowest BCUT2D eigenvalue weighted by atomic mass is 10.2. The number of rotatable bonds is 3. The summed E-state index contributed by atoms with van der Waals surface area (Å²) in [5.41, 5.74) is 6.61. The van der Waals surface area contributed by atoms with E-state index in [1.165, 1.54) is 16.2 Å². The first kappa shape index (κ1) is 10.4. The van der Waals surface area contributed by atoms with Crippen LogP contribution < -0.4 is 5.73 Å². The molecule has 0 saturated carbocycles. The van der Waals surface area contributed by atoms with Gasteiger partial charge in [-0.15, -0.1) is 22.0 Å². The van der Waals surface area contributed by atoms with Crippen molar-refractivity contribution in [1.29, 1.82) is 0 Å². The Balaban J connectivity index is 2.23. The molecule has 0 atom stereocenters. The van der Waals surface area contributed by atoms with E-state index in [0.717, 1.165) is 16.3 Å². The molecule has 1 aromatic carbocycles. The van der Waals surface area contributed by atoms with Gasteiger partial charge in [-0.1, -0.05) is 30.4 Å². The lowest BCUT2D eigenvalue weighted by molar-refractivity contribution is 1.10. The number of benzene rings is 1. The maximum Gasteiger partial charge on any atom is 0.203 e. The Labute approximate surface area is 96.7 Å². The minimum absolute atomic E-state index is 0.511. The molecule has 2 N–H and O–H groups in total. The minimum atomic E-state index is 0.511. The van der Waals surface area contributed by atoms with Gasteiger partial charge in [0, 0.05) is 10.5 Å². The van der Waals surface area contributed by atoms with Crippen LogP contribution in [0.15, 0.2) is 29.2 Å². The normalized spacial score (nSPS) is 10.5. The van der Waals surface area contributed by atoms with Crippen LogP contribution in [-0.2, 0) is 0 Å². The summed E-state index contributed by atoms with van der Waals surface area (Å²) < 4.78 is 0. The van der Waals surface area contributed by atoms with E-state index in [1.54, 1.807) is 0 Å². The van der Waals surface area contributed by atoms with Crippen molar-refractivity contribution in [3.8, 4) is 10.6 Å². The highest BCUT2D eigenvalue weighted by atomic mass is 32.2. The van der Waals surface area contributed by atoms with E-state index in [-0.39, 0.29) is 0 Å². The number of aromatic nitrogens is 2. The fourth-order valence-corrected chi connectivity index (χ4v) is 2.49. The third-order valence-corrected chi connectivity index (χ3v) is 3.55. The van der Waals surface area contributed by atoms with Crippen LogP contribution in [0.2, 0.25) is 0 Å². The van der Waals surface area contributed by atoms with Gasteiger partial charge in [0.25, 0.3) is 0 Å². The molecular formula is C10H11N3S2. The maximum absolute atomic E-state index is 5.53. The molecule has 2 aromatic rings. The molecule has 0 unspecified atom stereocenters. The van der Waals surface area contributed by atoms with E-state index in [1.807, 2.05) is 11.8 Å². The summed E-state index contributed by atoms with van der Waals surface area (Å²) >= 11 is 3.24. The molecule has 0 fully saturated rings. The molecule has 78 valence electrons. The molecule has 0 aliphatic carbocycles. The zero-order valence-corrected chi connectivity index (χ0v) is 9.94. The van der Waals surface area contributed by atoms with E-state index >= 15 is 0 Å². The quantitative estimate of drug-likeness (QED) is 0.834. The van der Waals surface area contributed by atoms with E-state index in [2.05, 4.69) is 41.4 Å². The summed E-state index contributed by atoms with van der Waals surface area (Å²) in [7, 11) is 0. The van der Waals surface area contributed by atoms with Gasteiger partial charge < -0.3 is 5.73 Å². The van der Waals surface area contributed by atoms with Gasteiger partial charge in [-0.05, 0) is 17.9 Å². The second-order valence-corrected chi connectivity index (χ2v) is 5.25. The summed E-state index contributed by atoms with van der Waals surface area (Å²) in [5.74, 6) is 1.09. The first-order valence-electron chi connectivity index (χ1n) is 4.62. The van der Waals surface area contributed by atoms with E-state index in [0.29, 0.717) is 5.13 Å². The van der Waals surface area contributed by atoms with E-state index in [4.69, 9.17) is 5.73 Å². The molecule has 5 heteroatoms. The second kappa shape index (κ2) is 4.63. The van der Waals surface area contributed by atoms with Crippen molar-refractivity contribution in [2.24, 2.45) is 0 Å². The monoisotopic (exact) mass is 237 g/mol. The van der Waals surface area contributed by atoms with Crippen molar-refractivity contribution in [2.75, 3.05) is 11.5 Å². The van der Waals surface area contributed by atoms with Crippen LogP contribution in [-0.4, -0.2) is 16.0 Å². The van der Waals surface area contributed by atoms with Gasteiger partial charge in [-0.3, -0.25) is 0 Å². The fourth-order valence-electron chi connectivity index (χ4n) is 1.21. The Bertz CT molecular complexity index is 436. The molecule has 1 heterocycles. The Hall–Kier alpha value is -1.07. The van der Waals surface area contributed by atoms with Crippen LogP contribution in [0.25, 0.3) is 10.6 Å². The number of thioether (sulfide) groups is 1. The smallest absolute Gasteiger partial charge is 0.203 e. The zero-order valence-electron chi connectivity index (χ0n) is 8.30. The van der Waals surface area contributed by atoms with Crippen LogP contribution in [0.3, 0.4) is 0 Å². The molecular weight excluding hydrogens is 226 g/mol. The summed E-state index contributed by atoms with van der Waals surface area (Å²) in [6, 6.07) is 8.30. The number of anilines is 1. The van der Waals surface area contributed by atoms with Crippen molar-refractivity contribution in [2.45, 2.75) is 11.8 Å². The molecule has 1 aromatic heterocycles. The highest BCUT2D eigenvalue weighted by Gasteiger charge is 2.03. The van der Waals surface area contributed by atoms with Gasteiger partial charge >= 0.3 is 0 Å². The SMILES string of the molecule is CCSc1ccc(-c2nnc(N)s2)cc1. The predicted molar refractivity (Wildman–Crippen MR) is 66.2 cm³/mol. The Morgan fingerprint density at radius 3 is 2.53 bits per heavy atom. The highest BCUT2D eigenvalue weighted by Crippen LogP contribution is 2.26. The summed E-state index contributed by atoms with van der Waals surface area (Å²) in [6.45, 7) is 2.14. The molecule has 0 spiro atoms. The fraction of sp³-hybridized carbons (Fsp3) is 0.200. The molecule has 0 aliphatic rings. The number of hydrogen-bond donors (Lipinski definition) is 1. The third kappa shape index (κ3) is 2.49. The van der Waals surface area contributed by atoms with Crippen molar-refractivity contribution in [1.82, 2.24) is 10.2 Å². The number of nitrogens with two attached hydrogens (primary N) is 1. The molecule has 3 nitrogen and oxygen atoms in total. The van der Waals surface area contributed by atoms with Crippen LogP contribution in [0, 0.1) is 0 Å². The molecule has 0 saturated heterocycles. The lowest BCUT2D eigenvalue weighted by Gasteiger charge is -1.99. The predicted octanol–water partition coefficient (Wildman–Crippen LogP) is 2.90. The zero-order chi connectivity index (χ0) is 10.7. The average Bonchev–Trinajstić information content (AvgIpc) is 2.67. The topological polar surface area (TPSA) is 51.8 Å². The van der Waals surface area contributed by atoms with Crippen molar-refractivity contribution in [3.05, 3.63) is 24.3 Å². The first-order chi connectivity index (χ1) is 7.29. The van der Waals surface area contributed by atoms with Crippen molar-refractivity contribution >= 4 is 28.2 Å². The van der Waals surface area contributed by atoms with Gasteiger partial charge in [0.2, 0.25) is 5.13 Å². The molecule has 0 bridgehead atoms. The third-order valence-electron chi connectivity index (χ3n) is 1.85. The Morgan fingerprint density at radius 1 is 1.27 bits per heavy atom. The molecule has 0 radical (unpaired) electrons. The van der Waals surface area contributed by atoms with Crippen LogP contribution >= 0.6 is 23.1 Å². The van der Waals surface area contributed by atoms with Crippen LogP contribution in [0.4, 0.5) is 5.13 Å². The largest absolute Gasteiger partial charge is 0.374 e. The van der Waals surface area contributed by atoms with Gasteiger partial charge in [0.15, 0.2) is 0 Å². The molecule has 2 rings (SSSR count). The molecule has 0 aliphatic heterocycles. The number of nitrogens with zero attached hydrogens (tertiary/aromatic N) is 2. The van der Waals surface area contributed by atoms with Gasteiger partial charge in [0.1, 0.15) is 5.01 Å². The number of nitrogen functional groups attached to an aromatic ring is 1. The van der Waals surface area contributed by atoms with Gasteiger partial charge in [-0.25, -0.2) is 0 Å². The molecule has 15 heavy (non-hydrogen) atoms. The standard InChI is InChI=1S/C10H11N3S2/c1-2-14-8-5-3-7(4-6-8)9-12-13-10(11)15-9/h3-6H,2H2,1H3,(H2,11,13). The first-order valence-corrected chi connectivity index (χ1v) is 6.42. The van der Waals surface area contributed by atoms with E-state index in [9.17, 15) is 0 Å². The Kier molecular flexibility index (Phi) is 3.23. The van der Waals surface area contributed by atoms with E-state index < -0.39 is 0 Å². The lowest BCUT2D eigenvalue weighted by Crippen LogP contribution is -1.80. The van der Waals surface area contributed by atoms with Gasteiger partial charge in [-0.2, -0.15) is 0 Å². The minimum Gasteiger partial charge on any atom is -0.374 e.